The van der Waals surface area contributed by atoms with Crippen LogP contribution in [0.4, 0.5) is 0 Å². The summed E-state index contributed by atoms with van der Waals surface area (Å²) < 4.78 is 13.0. The van der Waals surface area contributed by atoms with Crippen LogP contribution in [0.15, 0.2) is 22.9 Å². The molecule has 0 spiro atoms. The molecular formula is C23H24N6O2. The van der Waals surface area contributed by atoms with E-state index in [2.05, 4.69) is 33.2 Å². The second-order valence-corrected chi connectivity index (χ2v) is 7.92. The van der Waals surface area contributed by atoms with Gasteiger partial charge in [-0.15, -0.1) is 0 Å². The molecule has 0 fully saturated rings. The van der Waals surface area contributed by atoms with Crippen LogP contribution in [-0.4, -0.2) is 37.0 Å². The summed E-state index contributed by atoms with van der Waals surface area (Å²) in [5.74, 6) is 2.25. The molecule has 8 nitrogen and oxygen atoms in total. The number of fused-ring (bicyclic) bond motifs is 3. The van der Waals surface area contributed by atoms with Crippen LogP contribution in [0, 0.1) is 27.7 Å². The highest BCUT2D eigenvalue weighted by molar-refractivity contribution is 6.09. The number of rotatable bonds is 4. The van der Waals surface area contributed by atoms with E-state index in [1.54, 1.807) is 7.11 Å². The summed E-state index contributed by atoms with van der Waals surface area (Å²) in [6.45, 7) is 7.83. The van der Waals surface area contributed by atoms with Gasteiger partial charge in [-0.1, -0.05) is 5.16 Å². The Balaban J connectivity index is 1.77. The smallest absolute Gasteiger partial charge is 0.142 e. The molecular weight excluding hydrogens is 392 g/mol. The summed E-state index contributed by atoms with van der Waals surface area (Å²) in [5.41, 5.74) is 7.75. The fourth-order valence-corrected chi connectivity index (χ4v) is 4.28. The number of hydrogen-bond acceptors (Lipinski definition) is 6. The van der Waals surface area contributed by atoms with Crippen LogP contribution < -0.4 is 4.74 Å². The van der Waals surface area contributed by atoms with E-state index in [1.165, 1.54) is 0 Å². The summed E-state index contributed by atoms with van der Waals surface area (Å²) in [6, 6.07) is 4.13. The third-order valence-electron chi connectivity index (χ3n) is 5.96. The van der Waals surface area contributed by atoms with Gasteiger partial charge in [0.15, 0.2) is 0 Å². The van der Waals surface area contributed by atoms with Gasteiger partial charge in [-0.3, -0.25) is 4.68 Å². The van der Waals surface area contributed by atoms with Gasteiger partial charge in [0, 0.05) is 41.0 Å². The standard InChI is InChI=1S/C23H24N6O2/c1-11-21(13(3)31-28-11)17-8-18-16(9-20(17)30-6)22-19(25-14(4)26-23(22)27-18)7-15-10-24-29(5)12(15)2/h8-10H,7H2,1-6H3,(H,25,26,27). The maximum Gasteiger partial charge on any atom is 0.142 e. The van der Waals surface area contributed by atoms with E-state index < -0.39 is 0 Å². The van der Waals surface area contributed by atoms with Gasteiger partial charge in [0.05, 0.1) is 30.3 Å². The molecule has 0 bridgehead atoms. The Bertz CT molecular complexity index is 1440. The first-order valence-electron chi connectivity index (χ1n) is 10.1. The Hall–Kier alpha value is -3.68. The zero-order valence-electron chi connectivity index (χ0n) is 18.5. The van der Waals surface area contributed by atoms with Gasteiger partial charge in [-0.2, -0.15) is 5.10 Å². The van der Waals surface area contributed by atoms with Crippen LogP contribution >= 0.6 is 0 Å². The Morgan fingerprint density at radius 3 is 2.58 bits per heavy atom. The fraction of sp³-hybridized carbons (Fsp3) is 0.304. The Labute approximate surface area is 179 Å². The second-order valence-electron chi connectivity index (χ2n) is 7.92. The zero-order valence-corrected chi connectivity index (χ0v) is 18.5. The Kier molecular flexibility index (Phi) is 4.32. The molecule has 0 aliphatic carbocycles. The minimum Gasteiger partial charge on any atom is -0.496 e. The fourth-order valence-electron chi connectivity index (χ4n) is 4.28. The Morgan fingerprint density at radius 2 is 1.94 bits per heavy atom. The van der Waals surface area contributed by atoms with Crippen LogP contribution in [0.2, 0.25) is 0 Å². The van der Waals surface area contributed by atoms with Crippen molar-refractivity contribution in [1.29, 1.82) is 0 Å². The summed E-state index contributed by atoms with van der Waals surface area (Å²) >= 11 is 0. The SMILES string of the molecule is COc1cc2c(cc1-c1c(C)noc1C)[nH]c1nc(C)nc(Cc3cnn(C)c3C)c12. The topological polar surface area (TPSA) is 94.7 Å². The van der Waals surface area contributed by atoms with Gasteiger partial charge >= 0.3 is 0 Å². The molecule has 0 aliphatic heterocycles. The average Bonchev–Trinajstić information content (AvgIpc) is 3.36. The van der Waals surface area contributed by atoms with Crippen molar-refractivity contribution in [3.8, 4) is 16.9 Å². The number of nitrogens with zero attached hydrogens (tertiary/aromatic N) is 5. The number of aromatic amines is 1. The minimum absolute atomic E-state index is 0.681. The van der Waals surface area contributed by atoms with Crippen molar-refractivity contribution in [2.24, 2.45) is 7.05 Å². The third-order valence-corrected chi connectivity index (χ3v) is 5.96. The van der Waals surface area contributed by atoms with Crippen molar-refractivity contribution < 1.29 is 9.26 Å². The summed E-state index contributed by atoms with van der Waals surface area (Å²) in [4.78, 5) is 12.9. The summed E-state index contributed by atoms with van der Waals surface area (Å²) in [6.07, 6.45) is 2.59. The van der Waals surface area contributed by atoms with Crippen molar-refractivity contribution >= 4 is 21.9 Å². The molecule has 4 aromatic heterocycles. The van der Waals surface area contributed by atoms with Crippen molar-refractivity contribution in [3.05, 3.63) is 52.6 Å². The van der Waals surface area contributed by atoms with Crippen LogP contribution in [0.3, 0.4) is 0 Å². The van der Waals surface area contributed by atoms with Crippen LogP contribution in [0.25, 0.3) is 33.1 Å². The number of ether oxygens (including phenoxy) is 1. The van der Waals surface area contributed by atoms with Gasteiger partial charge in [-0.05, 0) is 45.4 Å². The van der Waals surface area contributed by atoms with E-state index in [4.69, 9.17) is 14.2 Å². The average molecular weight is 416 g/mol. The van der Waals surface area contributed by atoms with Gasteiger partial charge in [0.1, 0.15) is 23.0 Å². The predicted octanol–water partition coefficient (Wildman–Crippen LogP) is 4.33. The van der Waals surface area contributed by atoms with Crippen molar-refractivity contribution in [1.82, 2.24) is 29.9 Å². The molecule has 0 radical (unpaired) electrons. The van der Waals surface area contributed by atoms with Gasteiger partial charge in [0.25, 0.3) is 0 Å². The lowest BCUT2D eigenvalue weighted by atomic mass is 10.00. The molecule has 0 amide bonds. The molecule has 0 saturated carbocycles. The number of H-pyrrole nitrogens is 1. The molecule has 158 valence electrons. The highest BCUT2D eigenvalue weighted by Crippen LogP contribution is 2.40. The monoisotopic (exact) mass is 416 g/mol. The highest BCUT2D eigenvalue weighted by atomic mass is 16.5. The van der Waals surface area contributed by atoms with E-state index in [1.807, 2.05) is 44.8 Å². The number of aryl methyl sites for hydroxylation is 4. The second kappa shape index (κ2) is 6.94. The van der Waals surface area contributed by atoms with Crippen molar-refractivity contribution in [2.75, 3.05) is 7.11 Å². The van der Waals surface area contributed by atoms with E-state index in [9.17, 15) is 0 Å². The molecule has 4 heterocycles. The van der Waals surface area contributed by atoms with Gasteiger partial charge in [-0.25, -0.2) is 9.97 Å². The first kappa shape index (κ1) is 19.3. The molecule has 5 aromatic rings. The molecule has 0 saturated heterocycles. The molecule has 8 heteroatoms. The lowest BCUT2D eigenvalue weighted by Gasteiger charge is -2.09. The molecule has 0 atom stereocenters. The van der Waals surface area contributed by atoms with Crippen molar-refractivity contribution in [2.45, 2.75) is 34.1 Å². The van der Waals surface area contributed by atoms with Crippen molar-refractivity contribution in [3.63, 3.8) is 0 Å². The Morgan fingerprint density at radius 1 is 1.13 bits per heavy atom. The van der Waals surface area contributed by atoms with E-state index in [-0.39, 0.29) is 0 Å². The number of methoxy groups -OCH3 is 1. The maximum absolute atomic E-state index is 5.77. The predicted molar refractivity (Wildman–Crippen MR) is 118 cm³/mol. The number of aromatic nitrogens is 6. The maximum atomic E-state index is 5.77. The lowest BCUT2D eigenvalue weighted by Crippen LogP contribution is -2.00. The zero-order chi connectivity index (χ0) is 21.9. The first-order valence-corrected chi connectivity index (χ1v) is 10.1. The number of benzene rings is 1. The lowest BCUT2D eigenvalue weighted by molar-refractivity contribution is 0.393. The largest absolute Gasteiger partial charge is 0.496 e. The molecule has 0 unspecified atom stereocenters. The number of hydrogen-bond donors (Lipinski definition) is 1. The summed E-state index contributed by atoms with van der Waals surface area (Å²) in [7, 11) is 3.63. The van der Waals surface area contributed by atoms with E-state index in [0.29, 0.717) is 6.42 Å². The molecule has 1 aromatic carbocycles. The third kappa shape index (κ3) is 2.98. The minimum atomic E-state index is 0.681. The quantitative estimate of drug-likeness (QED) is 0.468. The van der Waals surface area contributed by atoms with Gasteiger partial charge < -0.3 is 14.2 Å². The van der Waals surface area contributed by atoms with E-state index >= 15 is 0 Å². The highest BCUT2D eigenvalue weighted by Gasteiger charge is 2.21. The van der Waals surface area contributed by atoms with Crippen LogP contribution in [-0.2, 0) is 13.5 Å². The number of nitrogens with one attached hydrogen (secondary N) is 1. The summed E-state index contributed by atoms with van der Waals surface area (Å²) in [5, 5.41) is 10.5. The van der Waals surface area contributed by atoms with E-state index in [0.717, 1.165) is 73.0 Å². The normalized spacial score (nSPS) is 11.7. The molecule has 5 rings (SSSR count). The van der Waals surface area contributed by atoms with Crippen LogP contribution in [0.5, 0.6) is 5.75 Å². The van der Waals surface area contributed by atoms with Gasteiger partial charge in [0.2, 0.25) is 0 Å². The van der Waals surface area contributed by atoms with Crippen LogP contribution in [0.1, 0.15) is 34.2 Å². The molecule has 31 heavy (non-hydrogen) atoms. The molecule has 0 aliphatic rings. The molecule has 1 N–H and O–H groups in total. The first-order chi connectivity index (χ1) is 14.9.